The van der Waals surface area contributed by atoms with Gasteiger partial charge < -0.3 is 5.32 Å². The first-order valence-corrected chi connectivity index (χ1v) is 7.95. The van der Waals surface area contributed by atoms with Gasteiger partial charge in [-0.1, -0.05) is 43.7 Å². The number of nitrogens with one attached hydrogen (secondary N) is 1. The lowest BCUT2D eigenvalue weighted by Crippen LogP contribution is -2.28. The van der Waals surface area contributed by atoms with Gasteiger partial charge in [-0.15, -0.1) is 11.3 Å². The quantitative estimate of drug-likeness (QED) is 0.812. The summed E-state index contributed by atoms with van der Waals surface area (Å²) in [5.74, 6) is -0.131. The van der Waals surface area contributed by atoms with Gasteiger partial charge in [-0.2, -0.15) is 0 Å². The number of benzene rings is 1. The molecule has 0 spiro atoms. The highest BCUT2D eigenvalue weighted by molar-refractivity contribution is 7.12. The molecule has 0 fully saturated rings. The number of Topliss-reactive ketones (excluding diaryl/α,β-unsaturated/α-hetero) is 1. The number of carbonyl (C=O) groups is 2. The zero-order valence-corrected chi connectivity index (χ0v) is 13.1. The predicted octanol–water partition coefficient (Wildman–Crippen LogP) is 4.22. The van der Waals surface area contributed by atoms with Crippen molar-refractivity contribution in [1.82, 2.24) is 5.32 Å². The molecule has 0 saturated heterocycles. The van der Waals surface area contributed by atoms with E-state index in [1.54, 1.807) is 11.4 Å². The minimum atomic E-state index is -0.124. The second kappa shape index (κ2) is 7.18. The van der Waals surface area contributed by atoms with E-state index in [1.165, 1.54) is 18.3 Å². The molecule has 0 aliphatic heterocycles. The van der Waals surface area contributed by atoms with E-state index in [9.17, 15) is 9.59 Å². The second-order valence-electron chi connectivity index (χ2n) is 4.98. The number of amides is 1. The average molecular weight is 301 g/mol. The molecule has 0 saturated carbocycles. The maximum atomic E-state index is 12.3. The van der Waals surface area contributed by atoms with Crippen LogP contribution in [0.2, 0.25) is 0 Å². The first-order chi connectivity index (χ1) is 10.1. The van der Waals surface area contributed by atoms with Crippen LogP contribution < -0.4 is 5.32 Å². The zero-order valence-electron chi connectivity index (χ0n) is 12.3. The lowest BCUT2D eigenvalue weighted by atomic mass is 10.0. The normalized spacial score (nSPS) is 11.9. The number of carbonyl (C=O) groups excluding carboxylic acids is 2. The van der Waals surface area contributed by atoms with Gasteiger partial charge in [0.2, 0.25) is 0 Å². The molecule has 21 heavy (non-hydrogen) atoms. The minimum Gasteiger partial charge on any atom is -0.345 e. The van der Waals surface area contributed by atoms with Crippen molar-refractivity contribution in [2.75, 3.05) is 0 Å². The van der Waals surface area contributed by atoms with Gasteiger partial charge in [-0.3, -0.25) is 9.59 Å². The van der Waals surface area contributed by atoms with Crippen LogP contribution in [0.5, 0.6) is 0 Å². The van der Waals surface area contributed by atoms with Crippen LogP contribution in [0.25, 0.3) is 0 Å². The Hall–Kier alpha value is -1.94. The van der Waals surface area contributed by atoms with Gasteiger partial charge in [0.05, 0.1) is 16.5 Å². The fraction of sp³-hybridized carbons (Fsp3) is 0.294. The molecule has 1 heterocycles. The molecular weight excluding hydrogens is 282 g/mol. The summed E-state index contributed by atoms with van der Waals surface area (Å²) in [5.41, 5.74) is 1.66. The standard InChI is InChI=1S/C17H19NO2S/c1-3-7-15(13-8-5-4-6-9-13)18-17(20)14-10-16(12(2)19)21-11-14/h4-6,8-11,15H,3,7H2,1-2H3,(H,18,20)/t15-/m1/s1. The molecular formula is C17H19NO2S. The Kier molecular flexibility index (Phi) is 5.28. The third-order valence-corrected chi connectivity index (χ3v) is 4.32. The van der Waals surface area contributed by atoms with E-state index in [-0.39, 0.29) is 17.7 Å². The zero-order chi connectivity index (χ0) is 15.2. The fourth-order valence-corrected chi connectivity index (χ4v) is 2.97. The highest BCUT2D eigenvalue weighted by atomic mass is 32.1. The molecule has 0 aliphatic rings. The second-order valence-corrected chi connectivity index (χ2v) is 5.89. The lowest BCUT2D eigenvalue weighted by molar-refractivity contribution is 0.0935. The summed E-state index contributed by atoms with van der Waals surface area (Å²) in [6, 6.07) is 11.6. The molecule has 0 bridgehead atoms. The molecule has 2 aromatic rings. The molecule has 4 heteroatoms. The topological polar surface area (TPSA) is 46.2 Å². The number of rotatable bonds is 6. The van der Waals surface area contributed by atoms with Gasteiger partial charge in [-0.25, -0.2) is 0 Å². The summed E-state index contributed by atoms with van der Waals surface area (Å²) in [4.78, 5) is 24.2. The molecule has 110 valence electrons. The maximum Gasteiger partial charge on any atom is 0.252 e. The van der Waals surface area contributed by atoms with E-state index < -0.39 is 0 Å². The monoisotopic (exact) mass is 301 g/mol. The average Bonchev–Trinajstić information content (AvgIpc) is 2.98. The first kappa shape index (κ1) is 15.4. The number of thiophene rings is 1. The Balaban J connectivity index is 2.12. The molecule has 3 nitrogen and oxygen atoms in total. The summed E-state index contributed by atoms with van der Waals surface area (Å²) >= 11 is 1.31. The molecule has 1 aromatic carbocycles. The van der Waals surface area contributed by atoms with Crippen molar-refractivity contribution in [2.24, 2.45) is 0 Å². The van der Waals surface area contributed by atoms with Crippen LogP contribution in [0.1, 0.15) is 58.3 Å². The fourth-order valence-electron chi connectivity index (χ4n) is 2.18. The van der Waals surface area contributed by atoms with Crippen LogP contribution in [0.4, 0.5) is 0 Å². The SMILES string of the molecule is CCC[C@@H](NC(=O)c1csc(C(C)=O)c1)c1ccccc1. The maximum absolute atomic E-state index is 12.3. The van der Waals surface area contributed by atoms with E-state index >= 15 is 0 Å². The largest absolute Gasteiger partial charge is 0.345 e. The van der Waals surface area contributed by atoms with E-state index in [0.717, 1.165) is 18.4 Å². The molecule has 1 atom stereocenters. The van der Waals surface area contributed by atoms with Crippen molar-refractivity contribution in [3.8, 4) is 0 Å². The first-order valence-electron chi connectivity index (χ1n) is 7.07. The van der Waals surface area contributed by atoms with E-state index in [1.807, 2.05) is 30.3 Å². The van der Waals surface area contributed by atoms with Crippen molar-refractivity contribution >= 4 is 23.0 Å². The summed E-state index contributed by atoms with van der Waals surface area (Å²) < 4.78 is 0. The van der Waals surface area contributed by atoms with Crippen molar-refractivity contribution < 1.29 is 9.59 Å². The van der Waals surface area contributed by atoms with Crippen LogP contribution in [0.15, 0.2) is 41.8 Å². The third kappa shape index (κ3) is 4.02. The molecule has 0 radical (unpaired) electrons. The van der Waals surface area contributed by atoms with Gasteiger partial charge in [0.25, 0.3) is 5.91 Å². The van der Waals surface area contributed by atoms with Gasteiger partial charge in [0, 0.05) is 5.38 Å². The van der Waals surface area contributed by atoms with Crippen molar-refractivity contribution in [3.63, 3.8) is 0 Å². The highest BCUT2D eigenvalue weighted by Crippen LogP contribution is 2.20. The number of hydrogen-bond acceptors (Lipinski definition) is 3. The van der Waals surface area contributed by atoms with Gasteiger partial charge >= 0.3 is 0 Å². The van der Waals surface area contributed by atoms with Gasteiger partial charge in [0.15, 0.2) is 5.78 Å². The van der Waals surface area contributed by atoms with Crippen LogP contribution in [-0.4, -0.2) is 11.7 Å². The van der Waals surface area contributed by atoms with Crippen LogP contribution in [0, 0.1) is 0 Å². The smallest absolute Gasteiger partial charge is 0.252 e. The Morgan fingerprint density at radius 2 is 1.95 bits per heavy atom. The molecule has 1 N–H and O–H groups in total. The van der Waals surface area contributed by atoms with Gasteiger partial charge in [-0.05, 0) is 25.0 Å². The number of ketones is 1. The summed E-state index contributed by atoms with van der Waals surface area (Å²) in [6.45, 7) is 3.61. The van der Waals surface area contributed by atoms with Crippen molar-refractivity contribution in [3.05, 3.63) is 57.8 Å². The Morgan fingerprint density at radius 1 is 1.24 bits per heavy atom. The van der Waals surface area contributed by atoms with Crippen LogP contribution in [0.3, 0.4) is 0 Å². The molecule has 0 unspecified atom stereocenters. The lowest BCUT2D eigenvalue weighted by Gasteiger charge is -2.18. The Morgan fingerprint density at radius 3 is 2.52 bits per heavy atom. The molecule has 0 aliphatic carbocycles. The molecule has 2 rings (SSSR count). The summed E-state index contributed by atoms with van der Waals surface area (Å²) in [7, 11) is 0. The Bertz CT molecular complexity index is 619. The van der Waals surface area contributed by atoms with Crippen molar-refractivity contribution in [2.45, 2.75) is 32.7 Å². The van der Waals surface area contributed by atoms with Crippen molar-refractivity contribution in [1.29, 1.82) is 0 Å². The third-order valence-electron chi connectivity index (χ3n) is 3.29. The predicted molar refractivity (Wildman–Crippen MR) is 85.9 cm³/mol. The van der Waals surface area contributed by atoms with E-state index in [2.05, 4.69) is 12.2 Å². The molecule has 1 amide bonds. The summed E-state index contributed by atoms with van der Waals surface area (Å²) in [5, 5.41) is 4.80. The Labute approximate surface area is 129 Å². The van der Waals surface area contributed by atoms with Crippen LogP contribution >= 0.6 is 11.3 Å². The minimum absolute atomic E-state index is 0.00405. The summed E-state index contributed by atoms with van der Waals surface area (Å²) in [6.07, 6.45) is 1.88. The number of hydrogen-bond donors (Lipinski definition) is 1. The molecule has 1 aromatic heterocycles. The van der Waals surface area contributed by atoms with Crippen LogP contribution in [-0.2, 0) is 0 Å². The van der Waals surface area contributed by atoms with E-state index in [4.69, 9.17) is 0 Å². The van der Waals surface area contributed by atoms with E-state index in [0.29, 0.717) is 10.4 Å². The van der Waals surface area contributed by atoms with Gasteiger partial charge in [0.1, 0.15) is 0 Å². The highest BCUT2D eigenvalue weighted by Gasteiger charge is 2.16.